The first-order valence-electron chi connectivity index (χ1n) is 12.5. The van der Waals surface area contributed by atoms with Crippen LogP contribution in [-0.4, -0.2) is 26.8 Å². The van der Waals surface area contributed by atoms with Gasteiger partial charge in [-0.25, -0.2) is 4.98 Å². The molecule has 4 heterocycles. The number of ether oxygens (including phenoxy) is 1. The van der Waals surface area contributed by atoms with E-state index in [4.69, 9.17) is 14.7 Å². The summed E-state index contributed by atoms with van der Waals surface area (Å²) >= 11 is 0. The Hall–Kier alpha value is -4.10. The summed E-state index contributed by atoms with van der Waals surface area (Å²) in [5.41, 5.74) is 6.24. The van der Waals surface area contributed by atoms with Gasteiger partial charge < -0.3 is 14.4 Å². The molecular formula is C30H27N3O4. The third kappa shape index (κ3) is 3.61. The Balaban J connectivity index is 1.53. The van der Waals surface area contributed by atoms with Crippen molar-refractivity contribution in [3.63, 3.8) is 0 Å². The average Bonchev–Trinajstić information content (AvgIpc) is 3.20. The summed E-state index contributed by atoms with van der Waals surface area (Å²) in [6, 6.07) is 15.8. The number of esters is 1. The van der Waals surface area contributed by atoms with Crippen LogP contribution >= 0.6 is 0 Å². The van der Waals surface area contributed by atoms with Crippen LogP contribution in [0.2, 0.25) is 0 Å². The van der Waals surface area contributed by atoms with Crippen molar-refractivity contribution in [3.8, 4) is 11.4 Å². The van der Waals surface area contributed by atoms with Crippen molar-refractivity contribution in [2.24, 2.45) is 4.99 Å². The van der Waals surface area contributed by atoms with Crippen LogP contribution in [0.15, 0.2) is 58.3 Å². The molecule has 7 heteroatoms. The molecule has 0 aliphatic carbocycles. The quantitative estimate of drug-likeness (QED) is 0.287. The van der Waals surface area contributed by atoms with E-state index in [1.807, 2.05) is 55.6 Å². The number of carbonyl (C=O) groups excluding carboxylic acids is 1. The number of aliphatic imine (C=N–C) groups is 1. The van der Waals surface area contributed by atoms with E-state index in [2.05, 4.69) is 13.0 Å². The number of rotatable bonds is 3. The van der Waals surface area contributed by atoms with Crippen LogP contribution in [-0.2, 0) is 28.3 Å². The molecule has 37 heavy (non-hydrogen) atoms. The van der Waals surface area contributed by atoms with Gasteiger partial charge in [-0.15, -0.1) is 0 Å². The van der Waals surface area contributed by atoms with Gasteiger partial charge in [0.2, 0.25) is 0 Å². The number of nitrogens with zero attached hydrogens (tertiary/aromatic N) is 3. The number of aryl methyl sites for hydroxylation is 2. The standard InChI is InChI=1S/C30H27N3O4/c1-4-30(36)13-26(34)37-16-21-22(30)12-25-28-20(15-33(25)29(21)35)18(3)27-23(10-7-11-24(27)32-28)31-14-19-9-6-5-8-17(19)2/h5-12,14,36H,4,13,15-16H2,1-3H3/t30-/m0/s1. The highest BCUT2D eigenvalue weighted by Gasteiger charge is 2.39. The van der Waals surface area contributed by atoms with E-state index >= 15 is 0 Å². The first kappa shape index (κ1) is 23.3. The summed E-state index contributed by atoms with van der Waals surface area (Å²) in [6.45, 7) is 6.12. The van der Waals surface area contributed by atoms with Gasteiger partial charge in [-0.2, -0.15) is 0 Å². The molecule has 0 saturated carbocycles. The Bertz CT molecular complexity index is 1700. The highest BCUT2D eigenvalue weighted by atomic mass is 16.5. The first-order chi connectivity index (χ1) is 17.8. The second-order valence-corrected chi connectivity index (χ2v) is 9.89. The number of hydrogen-bond donors (Lipinski definition) is 1. The fraction of sp³-hybridized carbons (Fsp3) is 0.267. The van der Waals surface area contributed by atoms with E-state index in [1.165, 1.54) is 0 Å². The predicted molar refractivity (Wildman–Crippen MR) is 142 cm³/mol. The summed E-state index contributed by atoms with van der Waals surface area (Å²) in [7, 11) is 0. The average molecular weight is 494 g/mol. The molecule has 2 aliphatic heterocycles. The smallest absolute Gasteiger partial charge is 0.309 e. The zero-order valence-electron chi connectivity index (χ0n) is 21.0. The molecule has 6 rings (SSSR count). The lowest BCUT2D eigenvalue weighted by Gasteiger charge is -2.26. The van der Waals surface area contributed by atoms with E-state index in [0.717, 1.165) is 44.5 Å². The number of fused-ring (bicyclic) bond motifs is 5. The van der Waals surface area contributed by atoms with Crippen molar-refractivity contribution in [1.29, 1.82) is 0 Å². The van der Waals surface area contributed by atoms with Gasteiger partial charge in [-0.05, 0) is 60.7 Å². The molecule has 186 valence electrons. The number of aliphatic hydroxyl groups is 1. The molecular weight excluding hydrogens is 466 g/mol. The van der Waals surface area contributed by atoms with E-state index in [9.17, 15) is 14.7 Å². The summed E-state index contributed by atoms with van der Waals surface area (Å²) in [6.07, 6.45) is 1.98. The van der Waals surface area contributed by atoms with Crippen LogP contribution in [0.1, 0.15) is 53.1 Å². The molecule has 0 bridgehead atoms. The third-order valence-corrected chi connectivity index (χ3v) is 7.76. The van der Waals surface area contributed by atoms with Crippen LogP contribution in [0, 0.1) is 13.8 Å². The lowest BCUT2D eigenvalue weighted by atomic mass is 9.85. The Morgan fingerprint density at radius 3 is 2.73 bits per heavy atom. The minimum atomic E-state index is -1.45. The molecule has 0 fully saturated rings. The van der Waals surface area contributed by atoms with Crippen molar-refractivity contribution in [3.05, 3.63) is 92.3 Å². The highest BCUT2D eigenvalue weighted by molar-refractivity contribution is 5.98. The molecule has 2 aromatic heterocycles. The van der Waals surface area contributed by atoms with Crippen LogP contribution < -0.4 is 5.56 Å². The Kier molecular flexibility index (Phi) is 5.35. The fourth-order valence-corrected chi connectivity index (χ4v) is 5.51. The van der Waals surface area contributed by atoms with Crippen molar-refractivity contribution in [1.82, 2.24) is 9.55 Å². The third-order valence-electron chi connectivity index (χ3n) is 7.76. The lowest BCUT2D eigenvalue weighted by molar-refractivity contribution is -0.149. The minimum Gasteiger partial charge on any atom is -0.460 e. The maximum Gasteiger partial charge on any atom is 0.309 e. The maximum absolute atomic E-state index is 13.6. The van der Waals surface area contributed by atoms with Crippen LogP contribution in [0.3, 0.4) is 0 Å². The lowest BCUT2D eigenvalue weighted by Crippen LogP contribution is -2.32. The Labute approximate surface area is 214 Å². The minimum absolute atomic E-state index is 0.141. The van der Waals surface area contributed by atoms with Gasteiger partial charge in [0.05, 0.1) is 41.1 Å². The normalized spacial score (nSPS) is 18.4. The van der Waals surface area contributed by atoms with Gasteiger partial charge >= 0.3 is 5.97 Å². The molecule has 0 spiro atoms. The summed E-state index contributed by atoms with van der Waals surface area (Å²) < 4.78 is 6.95. The van der Waals surface area contributed by atoms with Crippen molar-refractivity contribution in [2.45, 2.75) is 52.4 Å². The Morgan fingerprint density at radius 1 is 1.14 bits per heavy atom. The van der Waals surface area contributed by atoms with Gasteiger partial charge in [-0.3, -0.25) is 14.6 Å². The maximum atomic E-state index is 13.6. The van der Waals surface area contributed by atoms with E-state index in [0.29, 0.717) is 23.4 Å². The topological polar surface area (TPSA) is 93.8 Å². The summed E-state index contributed by atoms with van der Waals surface area (Å²) in [4.78, 5) is 35.6. The molecule has 0 radical (unpaired) electrons. The van der Waals surface area contributed by atoms with Crippen LogP contribution in [0.4, 0.5) is 5.69 Å². The zero-order valence-corrected chi connectivity index (χ0v) is 21.0. The number of hydrogen-bond acceptors (Lipinski definition) is 6. The van der Waals surface area contributed by atoms with Gasteiger partial charge in [0, 0.05) is 17.2 Å². The SMILES string of the molecule is CC[C@]1(O)CC(=O)OCc2c1cc1n(c2=O)Cc2c-1nc1cccc(N=Cc3ccccc3C)c1c2C. The van der Waals surface area contributed by atoms with E-state index in [1.54, 1.807) is 11.5 Å². The van der Waals surface area contributed by atoms with Crippen LogP contribution in [0.5, 0.6) is 0 Å². The number of aromatic nitrogens is 2. The van der Waals surface area contributed by atoms with E-state index < -0.39 is 11.6 Å². The number of pyridine rings is 2. The van der Waals surface area contributed by atoms with Gasteiger partial charge in [0.15, 0.2) is 0 Å². The molecule has 2 aliphatic rings. The highest BCUT2D eigenvalue weighted by Crippen LogP contribution is 2.41. The summed E-state index contributed by atoms with van der Waals surface area (Å²) in [5.74, 6) is -0.510. The first-order valence-corrected chi connectivity index (χ1v) is 12.5. The number of benzene rings is 2. The number of carbonyl (C=O) groups is 1. The largest absolute Gasteiger partial charge is 0.460 e. The molecule has 1 atom stereocenters. The summed E-state index contributed by atoms with van der Waals surface area (Å²) in [5, 5.41) is 12.3. The predicted octanol–water partition coefficient (Wildman–Crippen LogP) is 4.84. The van der Waals surface area contributed by atoms with Gasteiger partial charge in [0.25, 0.3) is 5.56 Å². The molecule has 0 amide bonds. The second kappa shape index (κ2) is 8.49. The molecule has 0 saturated heterocycles. The fourth-order valence-electron chi connectivity index (χ4n) is 5.51. The van der Waals surface area contributed by atoms with Gasteiger partial charge in [-0.1, -0.05) is 37.3 Å². The molecule has 2 aromatic carbocycles. The second-order valence-electron chi connectivity index (χ2n) is 9.89. The van der Waals surface area contributed by atoms with Crippen molar-refractivity contribution in [2.75, 3.05) is 0 Å². The monoisotopic (exact) mass is 493 g/mol. The van der Waals surface area contributed by atoms with Crippen LogP contribution in [0.25, 0.3) is 22.3 Å². The molecule has 0 unspecified atom stereocenters. The van der Waals surface area contributed by atoms with Crippen molar-refractivity contribution >= 4 is 28.8 Å². The molecule has 4 aromatic rings. The molecule has 7 nitrogen and oxygen atoms in total. The molecule has 1 N–H and O–H groups in total. The van der Waals surface area contributed by atoms with E-state index in [-0.39, 0.29) is 25.0 Å². The number of cyclic esters (lactones) is 1. The van der Waals surface area contributed by atoms with Crippen molar-refractivity contribution < 1.29 is 14.6 Å². The Morgan fingerprint density at radius 2 is 1.95 bits per heavy atom. The zero-order chi connectivity index (χ0) is 25.9. The van der Waals surface area contributed by atoms with Gasteiger partial charge in [0.1, 0.15) is 12.2 Å².